The van der Waals surface area contributed by atoms with Crippen molar-refractivity contribution in [3.8, 4) is 11.5 Å². The van der Waals surface area contributed by atoms with E-state index in [0.29, 0.717) is 38.8 Å². The molecule has 0 radical (unpaired) electrons. The van der Waals surface area contributed by atoms with Gasteiger partial charge in [0.15, 0.2) is 11.5 Å². The molecule has 0 aromatic heterocycles. The minimum Gasteiger partial charge on any atom is -0.493 e. The summed E-state index contributed by atoms with van der Waals surface area (Å²) >= 11 is 12.6. The number of rotatable bonds is 9. The largest absolute Gasteiger partial charge is 0.493 e. The van der Waals surface area contributed by atoms with Crippen LogP contribution in [0.2, 0.25) is 5.02 Å². The molecule has 1 fully saturated rings. The van der Waals surface area contributed by atoms with Crippen LogP contribution >= 0.6 is 35.6 Å². The molecule has 0 atom stereocenters. The molecule has 31 heavy (non-hydrogen) atoms. The van der Waals surface area contributed by atoms with E-state index in [9.17, 15) is 9.59 Å². The van der Waals surface area contributed by atoms with E-state index >= 15 is 0 Å². The summed E-state index contributed by atoms with van der Waals surface area (Å²) in [5.41, 5.74) is 1.62. The zero-order valence-electron chi connectivity index (χ0n) is 16.7. The van der Waals surface area contributed by atoms with Crippen molar-refractivity contribution in [1.82, 2.24) is 4.90 Å². The van der Waals surface area contributed by atoms with Crippen LogP contribution in [0.5, 0.6) is 11.5 Å². The highest BCUT2D eigenvalue weighted by molar-refractivity contribution is 8.26. The molecule has 0 spiro atoms. The number of carboxylic acids is 1. The van der Waals surface area contributed by atoms with Crippen LogP contribution in [-0.4, -0.2) is 39.9 Å². The van der Waals surface area contributed by atoms with Crippen LogP contribution in [0.4, 0.5) is 0 Å². The van der Waals surface area contributed by atoms with Gasteiger partial charge in [-0.3, -0.25) is 14.5 Å². The molecule has 0 aliphatic carbocycles. The van der Waals surface area contributed by atoms with Crippen molar-refractivity contribution < 1.29 is 24.2 Å². The minimum absolute atomic E-state index is 0.0110. The van der Waals surface area contributed by atoms with E-state index in [4.69, 9.17) is 38.4 Å². The van der Waals surface area contributed by atoms with E-state index < -0.39 is 5.97 Å². The predicted octanol–water partition coefficient (Wildman–Crippen LogP) is 4.99. The number of benzene rings is 2. The molecule has 6 nitrogen and oxygen atoms in total. The summed E-state index contributed by atoms with van der Waals surface area (Å²) in [5, 5.41) is 9.40. The van der Waals surface area contributed by atoms with Gasteiger partial charge in [0.25, 0.3) is 5.91 Å². The summed E-state index contributed by atoms with van der Waals surface area (Å²) in [4.78, 5) is 25.3. The second-order valence-electron chi connectivity index (χ2n) is 6.62. The van der Waals surface area contributed by atoms with E-state index in [0.717, 1.165) is 11.1 Å². The SMILES string of the molecule is COc1cc(/C=C2\SC(=S)N(CCCC(=O)O)C2=O)ccc1OCc1ccccc1Cl. The number of aliphatic carboxylic acids is 1. The lowest BCUT2D eigenvalue weighted by molar-refractivity contribution is -0.137. The van der Waals surface area contributed by atoms with E-state index in [1.165, 1.54) is 16.7 Å². The fourth-order valence-electron chi connectivity index (χ4n) is 2.90. The number of halogens is 1. The van der Waals surface area contributed by atoms with Crippen LogP contribution in [0.25, 0.3) is 6.08 Å². The van der Waals surface area contributed by atoms with E-state index in [-0.39, 0.29) is 18.9 Å². The third-order valence-corrected chi connectivity index (χ3v) is 6.22. The number of thiocarbonyl (C=S) groups is 1. The Morgan fingerprint density at radius 2 is 2.03 bits per heavy atom. The normalized spacial score (nSPS) is 14.9. The van der Waals surface area contributed by atoms with Gasteiger partial charge in [0, 0.05) is 23.6 Å². The Bertz CT molecular complexity index is 1040. The summed E-state index contributed by atoms with van der Waals surface area (Å²) in [6, 6.07) is 12.8. The summed E-state index contributed by atoms with van der Waals surface area (Å²) < 4.78 is 11.7. The quantitative estimate of drug-likeness (QED) is 0.402. The van der Waals surface area contributed by atoms with Crippen molar-refractivity contribution in [2.75, 3.05) is 13.7 Å². The number of methoxy groups -OCH3 is 1. The Kier molecular flexibility index (Phi) is 7.95. The Morgan fingerprint density at radius 1 is 1.26 bits per heavy atom. The summed E-state index contributed by atoms with van der Waals surface area (Å²) in [7, 11) is 1.55. The topological polar surface area (TPSA) is 76.1 Å². The van der Waals surface area contributed by atoms with Gasteiger partial charge in [0.2, 0.25) is 0 Å². The highest BCUT2D eigenvalue weighted by Crippen LogP contribution is 2.35. The minimum atomic E-state index is -0.898. The number of carboxylic acid groups (broad SMARTS) is 1. The van der Waals surface area contributed by atoms with Crippen molar-refractivity contribution >= 4 is 57.9 Å². The maximum absolute atomic E-state index is 12.6. The van der Waals surface area contributed by atoms with Gasteiger partial charge in [-0.25, -0.2) is 0 Å². The number of carbonyl (C=O) groups is 2. The molecule has 1 aliphatic heterocycles. The highest BCUT2D eigenvalue weighted by atomic mass is 35.5. The number of carbonyl (C=O) groups excluding carboxylic acids is 1. The molecular weight excluding hydrogens is 458 g/mol. The highest BCUT2D eigenvalue weighted by Gasteiger charge is 2.31. The second-order valence-corrected chi connectivity index (χ2v) is 8.70. The van der Waals surface area contributed by atoms with Gasteiger partial charge in [-0.2, -0.15) is 0 Å². The van der Waals surface area contributed by atoms with Gasteiger partial charge in [0.05, 0.1) is 12.0 Å². The Morgan fingerprint density at radius 3 is 2.74 bits per heavy atom. The molecule has 9 heteroatoms. The predicted molar refractivity (Wildman–Crippen MR) is 126 cm³/mol. The molecule has 1 amide bonds. The van der Waals surface area contributed by atoms with Crippen molar-refractivity contribution in [3.05, 3.63) is 63.5 Å². The van der Waals surface area contributed by atoms with Crippen molar-refractivity contribution in [2.24, 2.45) is 0 Å². The fourth-order valence-corrected chi connectivity index (χ4v) is 4.40. The third kappa shape index (κ3) is 6.00. The van der Waals surface area contributed by atoms with Crippen LogP contribution in [0.3, 0.4) is 0 Å². The van der Waals surface area contributed by atoms with E-state index in [2.05, 4.69) is 0 Å². The summed E-state index contributed by atoms with van der Waals surface area (Å²) in [6.45, 7) is 0.580. The Balaban J connectivity index is 1.71. The average Bonchev–Trinajstić information content (AvgIpc) is 3.00. The lowest BCUT2D eigenvalue weighted by atomic mass is 10.1. The number of amides is 1. The van der Waals surface area contributed by atoms with Gasteiger partial charge in [-0.15, -0.1) is 0 Å². The van der Waals surface area contributed by atoms with Crippen molar-refractivity contribution in [1.29, 1.82) is 0 Å². The number of hydrogen-bond acceptors (Lipinski definition) is 6. The molecule has 0 unspecified atom stereocenters. The molecule has 1 aliphatic rings. The maximum Gasteiger partial charge on any atom is 0.303 e. The first kappa shape index (κ1) is 23.1. The van der Waals surface area contributed by atoms with Gasteiger partial charge in [-0.05, 0) is 36.3 Å². The van der Waals surface area contributed by atoms with Crippen molar-refractivity contribution in [2.45, 2.75) is 19.4 Å². The molecule has 2 aromatic rings. The smallest absolute Gasteiger partial charge is 0.303 e. The van der Waals surface area contributed by atoms with Crippen LogP contribution in [-0.2, 0) is 16.2 Å². The lowest BCUT2D eigenvalue weighted by Gasteiger charge is -2.13. The van der Waals surface area contributed by atoms with E-state index in [1.54, 1.807) is 31.4 Å². The van der Waals surface area contributed by atoms with Crippen LogP contribution in [0, 0.1) is 0 Å². The summed E-state index contributed by atoms with van der Waals surface area (Å²) in [5.74, 6) is -0.0400. The second kappa shape index (κ2) is 10.7. The Labute approximate surface area is 194 Å². The third-order valence-electron chi connectivity index (χ3n) is 4.47. The zero-order chi connectivity index (χ0) is 22.4. The molecule has 3 rings (SSSR count). The van der Waals surface area contributed by atoms with Gasteiger partial charge < -0.3 is 14.6 Å². The first-order chi connectivity index (χ1) is 14.9. The number of ether oxygens (including phenoxy) is 2. The maximum atomic E-state index is 12.6. The molecule has 0 saturated carbocycles. The average molecular weight is 478 g/mol. The molecular formula is C22H20ClNO5S2. The first-order valence-corrected chi connectivity index (χ1v) is 11.0. The van der Waals surface area contributed by atoms with Crippen molar-refractivity contribution in [3.63, 3.8) is 0 Å². The Hall–Kier alpha value is -2.55. The van der Waals surface area contributed by atoms with Gasteiger partial charge in [0.1, 0.15) is 10.9 Å². The molecule has 1 saturated heterocycles. The number of nitrogens with zero attached hydrogens (tertiary/aromatic N) is 1. The molecule has 162 valence electrons. The number of hydrogen-bond donors (Lipinski definition) is 1. The van der Waals surface area contributed by atoms with Crippen LogP contribution < -0.4 is 9.47 Å². The molecule has 0 bridgehead atoms. The number of thioether (sulfide) groups is 1. The van der Waals surface area contributed by atoms with Gasteiger partial charge in [-0.1, -0.05) is 59.8 Å². The summed E-state index contributed by atoms with van der Waals surface area (Å²) in [6.07, 6.45) is 2.07. The van der Waals surface area contributed by atoms with Crippen LogP contribution in [0.15, 0.2) is 47.4 Å². The van der Waals surface area contributed by atoms with Crippen LogP contribution in [0.1, 0.15) is 24.0 Å². The first-order valence-electron chi connectivity index (χ1n) is 9.40. The fraction of sp³-hybridized carbons (Fsp3) is 0.227. The zero-order valence-corrected chi connectivity index (χ0v) is 19.1. The molecule has 1 N–H and O–H groups in total. The monoisotopic (exact) mass is 477 g/mol. The lowest BCUT2D eigenvalue weighted by Crippen LogP contribution is -2.29. The van der Waals surface area contributed by atoms with Gasteiger partial charge >= 0.3 is 5.97 Å². The molecule has 2 aromatic carbocycles. The van der Waals surface area contributed by atoms with E-state index in [1.807, 2.05) is 24.3 Å². The molecule has 1 heterocycles. The standard InChI is InChI=1S/C22H20ClNO5S2/c1-28-18-11-14(8-9-17(18)29-13-15-5-2-3-6-16(15)23)12-19-21(27)24(22(30)31-19)10-4-7-20(25)26/h2-3,5-6,8-9,11-12H,4,7,10,13H2,1H3,(H,25,26)/b19-12-.